The van der Waals surface area contributed by atoms with E-state index >= 15 is 0 Å². The molecular weight excluding hydrogens is 725 g/mol. The number of hydrogen-bond acceptors (Lipinski definition) is 4. The van der Waals surface area contributed by atoms with E-state index in [9.17, 15) is 5.11 Å². The summed E-state index contributed by atoms with van der Waals surface area (Å²) in [6.45, 7) is 48.8. The maximum absolute atomic E-state index is 12.7. The second-order valence-electron chi connectivity index (χ2n) is 23.9. The highest BCUT2D eigenvalue weighted by molar-refractivity contribution is 6.91. The molecule has 0 amide bonds. The summed E-state index contributed by atoms with van der Waals surface area (Å²) in [6.07, 6.45) is 10.0. The van der Waals surface area contributed by atoms with Crippen LogP contribution in [0, 0.1) is 45.8 Å². The Hall–Kier alpha value is -0.449. The Labute approximate surface area is 343 Å². The van der Waals surface area contributed by atoms with E-state index < -0.39 is 30.8 Å². The first-order valence-electron chi connectivity index (χ1n) is 22.8. The molecule has 0 saturated heterocycles. The van der Waals surface area contributed by atoms with Crippen LogP contribution < -0.4 is 5.38 Å². The van der Waals surface area contributed by atoms with Gasteiger partial charge in [0.25, 0.3) is 0 Å². The van der Waals surface area contributed by atoms with Crippen LogP contribution >= 0.6 is 0 Å². The second-order valence-corrected chi connectivity index (χ2v) is 38.6. The lowest BCUT2D eigenvalue weighted by molar-refractivity contribution is -0.152. The maximum Gasteiger partial charge on any atom is 0.192 e. The lowest BCUT2D eigenvalue weighted by atomic mass is 9.41. The zero-order valence-corrected chi connectivity index (χ0v) is 42.8. The van der Waals surface area contributed by atoms with E-state index in [0.717, 1.165) is 44.3 Å². The monoisotopic (exact) mass is 813 g/mol. The fraction of sp³-hybridized carbons (Fsp3) is 0.875. The standard InChI is InChI=1S/C48H88O4Si3/c1-21-55(22-2,23-3)52-40-26-27-45(14)37(32-38(49)47(45,16)34(5)31-35-30-33(4)41(50-35)53(17,18)42(6,7)8)48(40)29-24-36-44(12,13)39(25-28-46(36,48)15)51-54(19,20)43(9,10)11/h30,32,34,36,38-40,49H,21-29,31H2,1-20H3/t34-,36+,38-,39+,40-,45-,46+,47-,48-/m1/s1. The van der Waals surface area contributed by atoms with E-state index in [0.29, 0.717) is 5.92 Å². The van der Waals surface area contributed by atoms with Gasteiger partial charge in [-0.1, -0.05) is 129 Å². The number of rotatable bonds is 11. The normalized spacial score (nSPS) is 36.2. The average Bonchev–Trinajstić information content (AvgIpc) is 3.67. The molecule has 1 spiro atoms. The zero-order valence-electron chi connectivity index (χ0n) is 39.8. The highest BCUT2D eigenvalue weighted by Gasteiger charge is 2.74. The Kier molecular flexibility index (Phi) is 11.9. The predicted octanol–water partition coefficient (Wildman–Crippen LogP) is 13.6. The lowest BCUT2D eigenvalue weighted by Gasteiger charge is -2.65. The number of aryl methyl sites for hydroxylation is 1. The molecule has 0 bridgehead atoms. The Bertz CT molecular complexity index is 1580. The molecule has 9 atom stereocenters. The lowest BCUT2D eigenvalue weighted by Crippen LogP contribution is -2.63. The maximum atomic E-state index is 12.7. The van der Waals surface area contributed by atoms with E-state index in [-0.39, 0.29) is 55.3 Å². The van der Waals surface area contributed by atoms with Gasteiger partial charge in [0.15, 0.2) is 16.6 Å². The minimum atomic E-state index is -1.96. The van der Waals surface area contributed by atoms with E-state index in [1.807, 2.05) is 0 Å². The number of aliphatic hydroxyl groups is 1. The average molecular weight is 813 g/mol. The molecule has 3 fully saturated rings. The van der Waals surface area contributed by atoms with Crippen LogP contribution in [-0.2, 0) is 15.3 Å². The number of fused-ring (bicyclic) bond motifs is 4. The van der Waals surface area contributed by atoms with Gasteiger partial charge in [0.05, 0.1) is 23.7 Å². The van der Waals surface area contributed by atoms with Crippen molar-refractivity contribution >= 4 is 30.1 Å². The third-order valence-electron chi connectivity index (χ3n) is 19.4. The first-order chi connectivity index (χ1) is 24.9. The van der Waals surface area contributed by atoms with Crippen LogP contribution in [-0.4, -0.2) is 48.1 Å². The summed E-state index contributed by atoms with van der Waals surface area (Å²) in [4.78, 5) is 0. The van der Waals surface area contributed by atoms with Crippen molar-refractivity contribution in [1.29, 1.82) is 0 Å². The fourth-order valence-corrected chi connectivity index (χ4v) is 19.6. The number of furan rings is 1. The van der Waals surface area contributed by atoms with Crippen molar-refractivity contribution < 1.29 is 18.4 Å². The first-order valence-corrected chi connectivity index (χ1v) is 31.2. The SMILES string of the molecule is CC[Si](CC)(CC)O[C@@H]1CC[C@]2(C)C(=C[C@@H](O)[C@@]2(C)[C@H](C)Cc2cc(C)c([Si](C)(C)C(C)(C)C)o2)[C@]12CC[C@H]1C(C)(C)[C@@H](O[Si](C)(C)C(C)(C)C)CC[C@@]12C. The molecule has 4 aliphatic rings. The van der Waals surface area contributed by atoms with Crippen molar-refractivity contribution in [3.8, 4) is 0 Å². The van der Waals surface area contributed by atoms with Gasteiger partial charge in [0, 0.05) is 17.3 Å². The van der Waals surface area contributed by atoms with Gasteiger partial charge >= 0.3 is 0 Å². The zero-order chi connectivity index (χ0) is 41.8. The molecular formula is C48H88O4Si3. The molecule has 4 nitrogen and oxygen atoms in total. The van der Waals surface area contributed by atoms with Crippen molar-refractivity contribution in [1.82, 2.24) is 0 Å². The van der Waals surface area contributed by atoms with Crippen molar-refractivity contribution in [2.24, 2.45) is 38.9 Å². The van der Waals surface area contributed by atoms with Gasteiger partial charge in [0.2, 0.25) is 0 Å². The van der Waals surface area contributed by atoms with Crippen LogP contribution in [0.4, 0.5) is 0 Å². The largest absolute Gasteiger partial charge is 0.471 e. The van der Waals surface area contributed by atoms with Crippen molar-refractivity contribution in [3.05, 3.63) is 29.0 Å². The third-order valence-corrected chi connectivity index (χ3v) is 34.0. The van der Waals surface area contributed by atoms with E-state index in [2.05, 4.69) is 149 Å². The van der Waals surface area contributed by atoms with Gasteiger partial charge in [-0.15, -0.1) is 0 Å². The van der Waals surface area contributed by atoms with Gasteiger partial charge in [-0.2, -0.15) is 0 Å². The Morgan fingerprint density at radius 1 is 0.818 bits per heavy atom. The van der Waals surface area contributed by atoms with Crippen LogP contribution in [0.1, 0.15) is 154 Å². The summed E-state index contributed by atoms with van der Waals surface area (Å²) in [7, 11) is -5.72. The molecule has 1 aromatic heterocycles. The summed E-state index contributed by atoms with van der Waals surface area (Å²) < 4.78 is 22.2. The van der Waals surface area contributed by atoms with Crippen LogP contribution in [0.25, 0.3) is 0 Å². The van der Waals surface area contributed by atoms with Crippen LogP contribution in [0.2, 0.25) is 54.4 Å². The number of aliphatic hydroxyl groups excluding tert-OH is 1. The molecule has 0 aliphatic heterocycles. The fourth-order valence-electron chi connectivity index (χ4n) is 13.1. The molecule has 316 valence electrons. The Morgan fingerprint density at radius 3 is 1.91 bits per heavy atom. The molecule has 0 unspecified atom stereocenters. The van der Waals surface area contributed by atoms with Gasteiger partial charge < -0.3 is 18.4 Å². The van der Waals surface area contributed by atoms with E-state index in [1.54, 1.807) is 5.57 Å². The second kappa shape index (κ2) is 14.3. The van der Waals surface area contributed by atoms with Gasteiger partial charge in [-0.3, -0.25) is 0 Å². The smallest absolute Gasteiger partial charge is 0.192 e. The van der Waals surface area contributed by atoms with E-state index in [4.69, 9.17) is 13.3 Å². The van der Waals surface area contributed by atoms with Crippen LogP contribution in [0.15, 0.2) is 22.1 Å². The quantitative estimate of drug-likeness (QED) is 0.179. The Morgan fingerprint density at radius 2 is 1.38 bits per heavy atom. The topological polar surface area (TPSA) is 51.8 Å². The summed E-state index contributed by atoms with van der Waals surface area (Å²) in [5, 5.41) is 14.3. The molecule has 5 rings (SSSR count). The van der Waals surface area contributed by atoms with Crippen molar-refractivity contribution in [3.63, 3.8) is 0 Å². The van der Waals surface area contributed by atoms with E-state index in [1.165, 1.54) is 35.5 Å². The Balaban J connectivity index is 1.59. The number of hydrogen-bond donors (Lipinski definition) is 1. The molecule has 0 radical (unpaired) electrons. The third kappa shape index (κ3) is 6.63. The summed E-state index contributed by atoms with van der Waals surface area (Å²) in [5.41, 5.74) is 2.42. The minimum absolute atomic E-state index is 0.0482. The molecule has 7 heteroatoms. The predicted molar refractivity (Wildman–Crippen MR) is 243 cm³/mol. The van der Waals surface area contributed by atoms with Crippen LogP contribution in [0.3, 0.4) is 0 Å². The molecule has 4 aliphatic carbocycles. The summed E-state index contributed by atoms with van der Waals surface area (Å²) in [5.74, 6) is 1.86. The summed E-state index contributed by atoms with van der Waals surface area (Å²) in [6, 6.07) is 5.86. The van der Waals surface area contributed by atoms with Crippen molar-refractivity contribution in [2.75, 3.05) is 0 Å². The van der Waals surface area contributed by atoms with Gasteiger partial charge in [-0.05, 0) is 126 Å². The highest BCUT2D eigenvalue weighted by Crippen LogP contribution is 2.78. The highest BCUT2D eigenvalue weighted by atomic mass is 28.4. The van der Waals surface area contributed by atoms with Gasteiger partial charge in [-0.25, -0.2) is 0 Å². The van der Waals surface area contributed by atoms with Gasteiger partial charge in [0.1, 0.15) is 13.8 Å². The van der Waals surface area contributed by atoms with Crippen LogP contribution in [0.5, 0.6) is 0 Å². The molecule has 1 N–H and O–H groups in total. The molecule has 3 saturated carbocycles. The minimum Gasteiger partial charge on any atom is -0.471 e. The summed E-state index contributed by atoms with van der Waals surface area (Å²) >= 11 is 0. The first kappa shape index (κ1) is 45.6. The molecule has 55 heavy (non-hydrogen) atoms. The molecule has 1 aromatic rings. The molecule has 1 heterocycles. The molecule has 0 aromatic carbocycles. The van der Waals surface area contributed by atoms with Crippen molar-refractivity contribution in [2.45, 2.75) is 228 Å².